The lowest BCUT2D eigenvalue weighted by Gasteiger charge is -2.24. The number of nitrogens with two attached hydrogens (primary N) is 1. The van der Waals surface area contributed by atoms with Gasteiger partial charge in [-0.1, -0.05) is 35.9 Å². The Kier molecular flexibility index (Phi) is 4.94. The molecule has 2 amide bonds. The summed E-state index contributed by atoms with van der Waals surface area (Å²) in [4.78, 5) is 11.2. The number of amides is 2. The van der Waals surface area contributed by atoms with Gasteiger partial charge < -0.3 is 5.73 Å². The number of sulfonamides is 1. The van der Waals surface area contributed by atoms with Gasteiger partial charge in [-0.3, -0.25) is 4.31 Å². The normalized spacial score (nSPS) is 16.0. The Bertz CT molecular complexity index is 953. The summed E-state index contributed by atoms with van der Waals surface area (Å²) in [6.07, 6.45) is 1.15. The number of aryl methyl sites for hydroxylation is 2. The average molecular weight is 372 g/mol. The molecule has 8 heteroatoms. The molecule has 0 aromatic heterocycles. The maximum absolute atomic E-state index is 13.3. The highest BCUT2D eigenvalue weighted by Gasteiger charge is 2.30. The largest absolute Gasteiger partial charge is 0.350 e. The zero-order chi connectivity index (χ0) is 18.7. The molecule has 2 aromatic carbocycles. The minimum atomic E-state index is -3.78. The van der Waals surface area contributed by atoms with Crippen molar-refractivity contribution in [1.82, 2.24) is 5.43 Å². The number of primary amides is 1. The van der Waals surface area contributed by atoms with Crippen molar-refractivity contribution in [1.29, 1.82) is 0 Å². The lowest BCUT2D eigenvalue weighted by molar-refractivity contribution is 0.249. The first-order valence-corrected chi connectivity index (χ1v) is 9.60. The summed E-state index contributed by atoms with van der Waals surface area (Å²) in [5, 5.41) is 3.98. The van der Waals surface area contributed by atoms with E-state index in [-0.39, 0.29) is 11.4 Å². The van der Waals surface area contributed by atoms with Gasteiger partial charge in [0.15, 0.2) is 0 Å². The van der Waals surface area contributed by atoms with Crippen LogP contribution in [0.5, 0.6) is 0 Å². The first kappa shape index (κ1) is 17.9. The van der Waals surface area contributed by atoms with Crippen LogP contribution in [0.1, 0.15) is 17.5 Å². The highest BCUT2D eigenvalue weighted by Crippen LogP contribution is 2.30. The maximum atomic E-state index is 13.3. The molecule has 0 spiro atoms. The molecular formula is C18H20N4O3S. The Morgan fingerprint density at radius 2 is 1.81 bits per heavy atom. The van der Waals surface area contributed by atoms with Crippen molar-refractivity contribution in [3.05, 3.63) is 59.7 Å². The van der Waals surface area contributed by atoms with Gasteiger partial charge in [0.2, 0.25) is 0 Å². The van der Waals surface area contributed by atoms with Gasteiger partial charge in [-0.25, -0.2) is 18.6 Å². The molecule has 0 bridgehead atoms. The van der Waals surface area contributed by atoms with Crippen molar-refractivity contribution >= 4 is 27.5 Å². The molecule has 0 saturated heterocycles. The van der Waals surface area contributed by atoms with Crippen molar-refractivity contribution in [2.75, 3.05) is 10.8 Å². The van der Waals surface area contributed by atoms with Gasteiger partial charge in [0.25, 0.3) is 10.0 Å². The van der Waals surface area contributed by atoms with E-state index in [1.165, 1.54) is 4.31 Å². The second kappa shape index (κ2) is 7.17. The molecule has 2 aromatic rings. The summed E-state index contributed by atoms with van der Waals surface area (Å²) in [7, 11) is -3.78. The molecular weight excluding hydrogens is 352 g/mol. The zero-order valence-electron chi connectivity index (χ0n) is 14.3. The number of para-hydroxylation sites is 1. The topological polar surface area (TPSA) is 105 Å². The number of carbonyl (C=O) groups excluding carboxylic acids is 1. The van der Waals surface area contributed by atoms with Crippen LogP contribution in [-0.4, -0.2) is 26.7 Å². The number of hydrogen-bond acceptors (Lipinski definition) is 4. The fourth-order valence-corrected chi connectivity index (χ4v) is 4.34. The number of rotatable bonds is 3. The quantitative estimate of drug-likeness (QED) is 0.807. The molecule has 26 heavy (non-hydrogen) atoms. The molecule has 0 fully saturated rings. The minimum absolute atomic E-state index is 0.0491. The minimum Gasteiger partial charge on any atom is -0.350 e. The van der Waals surface area contributed by atoms with E-state index in [2.05, 4.69) is 10.5 Å². The number of fused-ring (bicyclic) bond motifs is 1. The smallest absolute Gasteiger partial charge is 0.332 e. The van der Waals surface area contributed by atoms with E-state index in [0.717, 1.165) is 11.1 Å². The molecule has 0 atom stereocenters. The summed E-state index contributed by atoms with van der Waals surface area (Å²) < 4.78 is 27.8. The van der Waals surface area contributed by atoms with Gasteiger partial charge in [-0.15, -0.1) is 0 Å². The van der Waals surface area contributed by atoms with Crippen molar-refractivity contribution in [2.24, 2.45) is 10.8 Å². The van der Waals surface area contributed by atoms with Crippen molar-refractivity contribution in [3.63, 3.8) is 0 Å². The fraction of sp³-hybridized carbons (Fsp3) is 0.222. The van der Waals surface area contributed by atoms with Crippen LogP contribution in [0.2, 0.25) is 0 Å². The molecule has 3 N–H and O–H groups in total. The Balaban J connectivity index is 2.06. The van der Waals surface area contributed by atoms with Crippen molar-refractivity contribution in [3.8, 4) is 0 Å². The number of nitrogens with zero attached hydrogens (tertiary/aromatic N) is 2. The third-order valence-electron chi connectivity index (χ3n) is 4.20. The maximum Gasteiger partial charge on any atom is 0.332 e. The van der Waals surface area contributed by atoms with Gasteiger partial charge in [-0.2, -0.15) is 5.10 Å². The Labute approximate surface area is 152 Å². The number of anilines is 1. The van der Waals surface area contributed by atoms with Gasteiger partial charge >= 0.3 is 6.03 Å². The van der Waals surface area contributed by atoms with Crippen molar-refractivity contribution in [2.45, 2.75) is 24.7 Å². The first-order valence-electron chi connectivity index (χ1n) is 8.16. The first-order chi connectivity index (χ1) is 12.4. The van der Waals surface area contributed by atoms with Crippen LogP contribution >= 0.6 is 0 Å². The Morgan fingerprint density at radius 1 is 1.12 bits per heavy atom. The molecule has 1 aliphatic heterocycles. The molecule has 136 valence electrons. The molecule has 1 aliphatic rings. The predicted molar refractivity (Wildman–Crippen MR) is 101 cm³/mol. The number of carbonyl (C=O) groups is 1. The average Bonchev–Trinajstić information content (AvgIpc) is 2.80. The van der Waals surface area contributed by atoms with Crippen LogP contribution in [0, 0.1) is 6.92 Å². The molecule has 1 heterocycles. The van der Waals surface area contributed by atoms with E-state index in [9.17, 15) is 13.2 Å². The fourth-order valence-electron chi connectivity index (χ4n) is 2.85. The third kappa shape index (κ3) is 3.70. The number of nitrogens with one attached hydrogen (secondary N) is 1. The second-order valence-electron chi connectivity index (χ2n) is 6.11. The van der Waals surface area contributed by atoms with Crippen LogP contribution in [0.15, 0.2) is 58.5 Å². The summed E-state index contributed by atoms with van der Waals surface area (Å²) in [5.74, 6) is 0. The van der Waals surface area contributed by atoms with Crippen LogP contribution < -0.4 is 15.5 Å². The van der Waals surface area contributed by atoms with Crippen molar-refractivity contribution < 1.29 is 13.2 Å². The van der Waals surface area contributed by atoms with Crippen LogP contribution in [0.25, 0.3) is 0 Å². The van der Waals surface area contributed by atoms with Gasteiger partial charge in [0, 0.05) is 0 Å². The molecule has 7 nitrogen and oxygen atoms in total. The highest BCUT2D eigenvalue weighted by atomic mass is 32.2. The summed E-state index contributed by atoms with van der Waals surface area (Å²) in [6.45, 7) is 1.95. The van der Waals surface area contributed by atoms with Crippen LogP contribution in [-0.2, 0) is 16.4 Å². The molecule has 0 aliphatic carbocycles. The summed E-state index contributed by atoms with van der Waals surface area (Å²) in [5.41, 5.74) is 10.3. The molecule has 0 saturated carbocycles. The predicted octanol–water partition coefficient (Wildman–Crippen LogP) is 2.16. The van der Waals surface area contributed by atoms with Gasteiger partial charge in [-0.05, 0) is 43.5 Å². The van der Waals surface area contributed by atoms with E-state index in [1.54, 1.807) is 36.4 Å². The van der Waals surface area contributed by atoms with E-state index in [4.69, 9.17) is 5.73 Å². The lowest BCUT2D eigenvalue weighted by atomic mass is 10.1. The monoisotopic (exact) mass is 372 g/mol. The third-order valence-corrected chi connectivity index (χ3v) is 5.98. The summed E-state index contributed by atoms with van der Waals surface area (Å²) >= 11 is 0. The van der Waals surface area contributed by atoms with Gasteiger partial charge in [0.1, 0.15) is 0 Å². The SMILES string of the molecule is Cc1ccc(S(=O)(=O)N2C/C(=N\NC(N)=O)CCc3ccccc32)cc1. The summed E-state index contributed by atoms with van der Waals surface area (Å²) in [6, 6.07) is 13.3. The van der Waals surface area contributed by atoms with Crippen LogP contribution in [0.3, 0.4) is 0 Å². The van der Waals surface area contributed by atoms with E-state index < -0.39 is 16.1 Å². The number of urea groups is 1. The highest BCUT2D eigenvalue weighted by molar-refractivity contribution is 7.92. The number of hydrogen-bond donors (Lipinski definition) is 2. The molecule has 3 rings (SSSR count). The van der Waals surface area contributed by atoms with Gasteiger partial charge in [0.05, 0.1) is 22.8 Å². The van der Waals surface area contributed by atoms with E-state index >= 15 is 0 Å². The van der Waals surface area contributed by atoms with E-state index in [0.29, 0.717) is 24.2 Å². The standard InChI is InChI=1S/C18H20N4O3S/c1-13-6-10-16(11-7-13)26(24,25)22-12-15(20-21-18(19)23)9-8-14-4-2-3-5-17(14)22/h2-7,10-11H,8-9,12H2,1H3,(H3,19,21,23)/b20-15-. The molecule has 0 unspecified atom stereocenters. The number of benzene rings is 2. The van der Waals surface area contributed by atoms with E-state index in [1.807, 2.05) is 19.1 Å². The lowest BCUT2D eigenvalue weighted by Crippen LogP contribution is -2.36. The molecule has 0 radical (unpaired) electrons. The zero-order valence-corrected chi connectivity index (χ0v) is 15.2. The number of hydrazone groups is 1. The Morgan fingerprint density at radius 3 is 2.50 bits per heavy atom. The second-order valence-corrected chi connectivity index (χ2v) is 7.97. The van der Waals surface area contributed by atoms with Crippen LogP contribution in [0.4, 0.5) is 10.5 Å². The Hall–Kier alpha value is -2.87.